The number of rotatable bonds is 32. The van der Waals surface area contributed by atoms with Gasteiger partial charge in [0.1, 0.15) is 12.2 Å². The molecule has 0 amide bonds. The minimum Gasteiger partial charge on any atom is -0.457 e. The molecule has 3 atom stereocenters. The summed E-state index contributed by atoms with van der Waals surface area (Å²) >= 11 is 0. The van der Waals surface area contributed by atoms with E-state index in [1.807, 2.05) is 0 Å². The van der Waals surface area contributed by atoms with Gasteiger partial charge >= 0.3 is 19.8 Å². The topological polar surface area (TPSA) is 149 Å². The van der Waals surface area contributed by atoms with Crippen LogP contribution in [0.5, 0.6) is 0 Å². The average Bonchev–Trinajstić information content (AvgIpc) is 3.04. The van der Waals surface area contributed by atoms with Crippen LogP contribution in [0, 0.1) is 0 Å². The first kappa shape index (κ1) is 44.2. The summed E-state index contributed by atoms with van der Waals surface area (Å²) in [7, 11) is -4.62. The maximum Gasteiger partial charge on any atom is 0.472 e. The lowest BCUT2D eigenvalue weighted by Crippen LogP contribution is -2.28. The van der Waals surface area contributed by atoms with Gasteiger partial charge < -0.3 is 24.6 Å². The molecule has 0 saturated carbocycles. The van der Waals surface area contributed by atoms with Crippen molar-refractivity contribution >= 4 is 19.8 Å². The SMILES string of the molecule is CC/C=C\C/C=C\C/C=C\CCCCCCCC(=O)OC(CO)COP(=O)(O)OCC(CO)OC(=O)CCCCCCCCCC. The number of carbonyl (C=O) groups is 2. The standard InChI is InChI=1S/C35H63O10P/c1-3-5-7-9-11-13-14-15-16-17-18-19-21-23-25-27-35(39)45-33(29-37)31-43-46(40,41)42-30-32(28-36)44-34(38)26-24-22-20-12-10-8-6-4-2/h5,7,11,13,15-16,32-33,36-37H,3-4,6,8-10,12,14,17-31H2,1-2H3,(H,40,41)/b7-5-,13-11-,16-15-. The Morgan fingerprint density at radius 2 is 1.02 bits per heavy atom. The third kappa shape index (κ3) is 29.6. The van der Waals surface area contributed by atoms with Crippen LogP contribution in [0.2, 0.25) is 0 Å². The van der Waals surface area contributed by atoms with Crippen molar-refractivity contribution in [2.45, 2.75) is 148 Å². The maximum absolute atomic E-state index is 12.3. The van der Waals surface area contributed by atoms with Crippen molar-refractivity contribution in [2.24, 2.45) is 0 Å². The Morgan fingerprint density at radius 3 is 1.48 bits per heavy atom. The summed E-state index contributed by atoms with van der Waals surface area (Å²) in [5.74, 6) is -1.04. The fraction of sp³-hybridized carbons (Fsp3) is 0.771. The zero-order valence-electron chi connectivity index (χ0n) is 28.5. The molecule has 0 heterocycles. The molecule has 0 saturated heterocycles. The van der Waals surface area contributed by atoms with Crippen LogP contribution in [0.25, 0.3) is 0 Å². The molecular weight excluding hydrogens is 611 g/mol. The van der Waals surface area contributed by atoms with Gasteiger partial charge in [0.15, 0.2) is 0 Å². The van der Waals surface area contributed by atoms with Crippen molar-refractivity contribution in [3.63, 3.8) is 0 Å². The molecule has 0 aromatic heterocycles. The second-order valence-electron chi connectivity index (χ2n) is 11.5. The molecule has 0 aromatic carbocycles. The van der Waals surface area contributed by atoms with Crippen LogP contribution in [0.1, 0.15) is 136 Å². The van der Waals surface area contributed by atoms with E-state index < -0.39 is 58.4 Å². The Morgan fingerprint density at radius 1 is 0.609 bits per heavy atom. The summed E-state index contributed by atoms with van der Waals surface area (Å²) in [6.45, 7) is 2.00. The van der Waals surface area contributed by atoms with Crippen molar-refractivity contribution < 1.29 is 47.8 Å². The summed E-state index contributed by atoms with van der Waals surface area (Å²) in [4.78, 5) is 34.2. The highest BCUT2D eigenvalue weighted by Gasteiger charge is 2.27. The number of aliphatic hydroxyl groups is 2. The van der Waals surface area contributed by atoms with Crippen LogP contribution >= 0.6 is 7.82 Å². The molecule has 0 aliphatic carbocycles. The van der Waals surface area contributed by atoms with Crippen molar-refractivity contribution in [3.8, 4) is 0 Å². The Balaban J connectivity index is 4.04. The molecule has 0 rings (SSSR count). The van der Waals surface area contributed by atoms with Gasteiger partial charge in [0.05, 0.1) is 26.4 Å². The van der Waals surface area contributed by atoms with Gasteiger partial charge in [-0.25, -0.2) is 4.57 Å². The lowest BCUT2D eigenvalue weighted by molar-refractivity contribution is -0.153. The number of unbranched alkanes of at least 4 members (excludes halogenated alkanes) is 12. The van der Waals surface area contributed by atoms with Crippen molar-refractivity contribution in [3.05, 3.63) is 36.5 Å². The zero-order valence-corrected chi connectivity index (χ0v) is 29.4. The van der Waals surface area contributed by atoms with Gasteiger partial charge in [-0.2, -0.15) is 0 Å². The van der Waals surface area contributed by atoms with Gasteiger partial charge in [-0.15, -0.1) is 0 Å². The number of phosphoric ester groups is 1. The number of hydrogen-bond donors (Lipinski definition) is 3. The highest BCUT2D eigenvalue weighted by molar-refractivity contribution is 7.47. The van der Waals surface area contributed by atoms with Crippen LogP contribution in [-0.4, -0.2) is 65.7 Å². The van der Waals surface area contributed by atoms with E-state index in [-0.39, 0.29) is 12.8 Å². The predicted molar refractivity (Wildman–Crippen MR) is 182 cm³/mol. The van der Waals surface area contributed by atoms with Gasteiger partial charge in [-0.05, 0) is 44.9 Å². The van der Waals surface area contributed by atoms with Crippen LogP contribution < -0.4 is 0 Å². The van der Waals surface area contributed by atoms with Crippen LogP contribution in [0.15, 0.2) is 36.5 Å². The fourth-order valence-corrected chi connectivity index (χ4v) is 5.21. The highest BCUT2D eigenvalue weighted by Crippen LogP contribution is 2.43. The average molecular weight is 675 g/mol. The summed E-state index contributed by atoms with van der Waals surface area (Å²) in [5, 5.41) is 19.0. The third-order valence-electron chi connectivity index (χ3n) is 7.12. The minimum atomic E-state index is -4.62. The summed E-state index contributed by atoms with van der Waals surface area (Å²) in [6.07, 6.45) is 28.6. The molecule has 0 bridgehead atoms. The fourth-order valence-electron chi connectivity index (χ4n) is 4.42. The van der Waals surface area contributed by atoms with Crippen molar-refractivity contribution in [1.29, 1.82) is 0 Å². The van der Waals surface area contributed by atoms with Gasteiger partial charge in [0.2, 0.25) is 0 Å². The molecule has 11 heteroatoms. The molecule has 0 aromatic rings. The lowest BCUT2D eigenvalue weighted by Gasteiger charge is -2.20. The summed E-state index contributed by atoms with van der Waals surface area (Å²) in [6, 6.07) is 0. The van der Waals surface area contributed by atoms with E-state index in [1.165, 1.54) is 25.7 Å². The molecule has 46 heavy (non-hydrogen) atoms. The maximum atomic E-state index is 12.3. The Kier molecular flexibility index (Phi) is 30.5. The monoisotopic (exact) mass is 674 g/mol. The zero-order chi connectivity index (χ0) is 34.1. The molecule has 0 radical (unpaired) electrons. The van der Waals surface area contributed by atoms with E-state index in [2.05, 4.69) is 50.3 Å². The van der Waals surface area contributed by atoms with Crippen molar-refractivity contribution in [1.82, 2.24) is 0 Å². The first-order valence-electron chi connectivity index (χ1n) is 17.4. The number of hydrogen-bond acceptors (Lipinski definition) is 9. The molecule has 268 valence electrons. The van der Waals surface area contributed by atoms with E-state index in [0.717, 1.165) is 70.6 Å². The number of aliphatic hydroxyl groups excluding tert-OH is 2. The van der Waals surface area contributed by atoms with E-state index in [4.69, 9.17) is 18.5 Å². The van der Waals surface area contributed by atoms with Crippen LogP contribution in [0.3, 0.4) is 0 Å². The Hall–Kier alpha value is -1.81. The normalized spacial score (nSPS) is 14.6. The number of allylic oxidation sites excluding steroid dienone is 6. The smallest absolute Gasteiger partial charge is 0.457 e. The second-order valence-corrected chi connectivity index (χ2v) is 12.9. The third-order valence-corrected chi connectivity index (χ3v) is 8.07. The molecule has 3 N–H and O–H groups in total. The van der Waals surface area contributed by atoms with Gasteiger partial charge in [-0.3, -0.25) is 18.6 Å². The molecule has 10 nitrogen and oxygen atoms in total. The van der Waals surface area contributed by atoms with Crippen molar-refractivity contribution in [2.75, 3.05) is 26.4 Å². The number of phosphoric acid groups is 1. The molecule has 0 fully saturated rings. The van der Waals surface area contributed by atoms with E-state index in [9.17, 15) is 29.3 Å². The van der Waals surface area contributed by atoms with Crippen LogP contribution in [0.4, 0.5) is 0 Å². The first-order chi connectivity index (χ1) is 22.3. The second kappa shape index (κ2) is 31.8. The van der Waals surface area contributed by atoms with Crippen LogP contribution in [-0.2, 0) is 32.7 Å². The minimum absolute atomic E-state index is 0.173. The van der Waals surface area contributed by atoms with Gasteiger partial charge in [0.25, 0.3) is 0 Å². The molecular formula is C35H63O10P. The first-order valence-corrected chi connectivity index (χ1v) is 18.9. The number of esters is 2. The van der Waals surface area contributed by atoms with E-state index >= 15 is 0 Å². The van der Waals surface area contributed by atoms with E-state index in [1.54, 1.807) is 0 Å². The number of ether oxygens (including phenoxy) is 2. The highest BCUT2D eigenvalue weighted by atomic mass is 31.2. The molecule has 3 unspecified atom stereocenters. The Bertz CT molecular complexity index is 873. The Labute approximate surface area is 278 Å². The van der Waals surface area contributed by atoms with E-state index in [0.29, 0.717) is 12.8 Å². The van der Waals surface area contributed by atoms with Gasteiger partial charge in [-0.1, -0.05) is 115 Å². The summed E-state index contributed by atoms with van der Waals surface area (Å²) < 4.78 is 32.3. The quantitative estimate of drug-likeness (QED) is 0.0277. The largest absolute Gasteiger partial charge is 0.472 e. The van der Waals surface area contributed by atoms with Gasteiger partial charge in [0, 0.05) is 12.8 Å². The molecule has 0 aliphatic heterocycles. The molecule has 0 aliphatic rings. The predicted octanol–water partition coefficient (Wildman–Crippen LogP) is 8.05. The molecule has 0 spiro atoms. The summed E-state index contributed by atoms with van der Waals surface area (Å²) in [5.41, 5.74) is 0. The number of carbonyl (C=O) groups excluding carboxylic acids is 2. The lowest BCUT2D eigenvalue weighted by atomic mass is 10.1.